The predicted octanol–water partition coefficient (Wildman–Crippen LogP) is -0.884. The number of carboxylic acids is 1. The topological polar surface area (TPSA) is 151 Å². The van der Waals surface area contributed by atoms with Crippen LogP contribution in [0, 0.1) is 11.8 Å². The van der Waals surface area contributed by atoms with Crippen molar-refractivity contribution in [3.05, 3.63) is 0 Å². The SMILES string of the molecule is CC(C)CC(N)C(=O)NCC(=O)NC(CS)C(=O)NC(C(=O)O)C(C)C. The van der Waals surface area contributed by atoms with E-state index in [1.807, 2.05) is 13.8 Å². The van der Waals surface area contributed by atoms with Gasteiger partial charge in [-0.3, -0.25) is 14.4 Å². The quantitative estimate of drug-likeness (QED) is 0.252. The first-order valence-electron chi connectivity index (χ1n) is 8.46. The summed E-state index contributed by atoms with van der Waals surface area (Å²) in [7, 11) is 0. The highest BCUT2D eigenvalue weighted by Gasteiger charge is 2.28. The van der Waals surface area contributed by atoms with Crippen molar-refractivity contribution in [2.45, 2.75) is 52.2 Å². The fraction of sp³-hybridized carbons (Fsp3) is 0.750. The van der Waals surface area contributed by atoms with Gasteiger partial charge in [-0.25, -0.2) is 4.79 Å². The number of carbonyl (C=O) groups excluding carboxylic acids is 3. The Morgan fingerprint density at radius 1 is 1.04 bits per heavy atom. The molecule has 26 heavy (non-hydrogen) atoms. The van der Waals surface area contributed by atoms with Crippen molar-refractivity contribution in [1.29, 1.82) is 0 Å². The van der Waals surface area contributed by atoms with E-state index in [4.69, 9.17) is 10.8 Å². The third kappa shape index (κ3) is 9.04. The molecule has 0 aromatic rings. The van der Waals surface area contributed by atoms with E-state index in [0.717, 1.165) is 0 Å². The summed E-state index contributed by atoms with van der Waals surface area (Å²) in [4.78, 5) is 47.0. The number of carboxylic acid groups (broad SMARTS) is 1. The summed E-state index contributed by atoms with van der Waals surface area (Å²) in [6, 6.07) is -2.81. The first-order valence-corrected chi connectivity index (χ1v) is 9.09. The van der Waals surface area contributed by atoms with E-state index in [1.54, 1.807) is 13.8 Å². The Morgan fingerprint density at radius 2 is 1.62 bits per heavy atom. The lowest BCUT2D eigenvalue weighted by Crippen LogP contribution is -2.55. The summed E-state index contributed by atoms with van der Waals surface area (Å²) in [6.45, 7) is 6.83. The molecule has 3 amide bonds. The smallest absolute Gasteiger partial charge is 0.326 e. The van der Waals surface area contributed by atoms with Gasteiger partial charge in [-0.05, 0) is 18.3 Å². The summed E-state index contributed by atoms with van der Waals surface area (Å²) in [6.07, 6.45) is 0.487. The minimum Gasteiger partial charge on any atom is -0.480 e. The van der Waals surface area contributed by atoms with Gasteiger partial charge in [0, 0.05) is 5.75 Å². The second kappa shape index (κ2) is 11.7. The zero-order valence-corrected chi connectivity index (χ0v) is 16.5. The Bertz CT molecular complexity index is 513. The van der Waals surface area contributed by atoms with Crippen molar-refractivity contribution in [2.24, 2.45) is 17.6 Å². The van der Waals surface area contributed by atoms with Crippen LogP contribution in [0.4, 0.5) is 0 Å². The highest BCUT2D eigenvalue weighted by molar-refractivity contribution is 7.80. The Kier molecular flexibility index (Phi) is 10.9. The maximum atomic E-state index is 12.2. The number of amides is 3. The molecule has 0 rings (SSSR count). The molecule has 0 aliphatic carbocycles. The molecule has 0 radical (unpaired) electrons. The van der Waals surface area contributed by atoms with E-state index >= 15 is 0 Å². The maximum Gasteiger partial charge on any atom is 0.326 e. The van der Waals surface area contributed by atoms with E-state index < -0.39 is 41.8 Å². The van der Waals surface area contributed by atoms with Crippen molar-refractivity contribution in [3.63, 3.8) is 0 Å². The van der Waals surface area contributed by atoms with Crippen LogP contribution in [0.25, 0.3) is 0 Å². The van der Waals surface area contributed by atoms with Crippen LogP contribution >= 0.6 is 12.6 Å². The summed E-state index contributed by atoms with van der Waals surface area (Å²) in [5, 5.41) is 16.3. The van der Waals surface area contributed by atoms with Crippen molar-refractivity contribution in [2.75, 3.05) is 12.3 Å². The van der Waals surface area contributed by atoms with Crippen LogP contribution in [0.2, 0.25) is 0 Å². The van der Waals surface area contributed by atoms with Gasteiger partial charge in [0.25, 0.3) is 0 Å². The maximum absolute atomic E-state index is 12.2. The van der Waals surface area contributed by atoms with Crippen LogP contribution in [0.3, 0.4) is 0 Å². The average Bonchev–Trinajstić information content (AvgIpc) is 2.53. The van der Waals surface area contributed by atoms with Crippen LogP contribution in [0.1, 0.15) is 34.1 Å². The van der Waals surface area contributed by atoms with E-state index in [2.05, 4.69) is 28.6 Å². The number of thiol groups is 1. The van der Waals surface area contributed by atoms with Crippen molar-refractivity contribution >= 4 is 36.3 Å². The molecule has 6 N–H and O–H groups in total. The molecule has 9 nitrogen and oxygen atoms in total. The molecule has 0 aromatic carbocycles. The number of rotatable bonds is 11. The van der Waals surface area contributed by atoms with Gasteiger partial charge in [-0.1, -0.05) is 27.7 Å². The number of hydrogen-bond donors (Lipinski definition) is 6. The Labute approximate surface area is 159 Å². The van der Waals surface area contributed by atoms with Gasteiger partial charge in [0.1, 0.15) is 12.1 Å². The molecule has 0 aliphatic rings. The summed E-state index contributed by atoms with van der Waals surface area (Å²) >= 11 is 4.00. The van der Waals surface area contributed by atoms with Gasteiger partial charge in [0.2, 0.25) is 17.7 Å². The fourth-order valence-corrected chi connectivity index (χ4v) is 2.38. The largest absolute Gasteiger partial charge is 0.480 e. The van der Waals surface area contributed by atoms with Gasteiger partial charge < -0.3 is 26.8 Å². The zero-order chi connectivity index (χ0) is 20.4. The van der Waals surface area contributed by atoms with Crippen LogP contribution in [0.15, 0.2) is 0 Å². The number of nitrogens with two attached hydrogens (primary N) is 1. The first-order chi connectivity index (χ1) is 12.0. The molecule has 0 spiro atoms. The van der Waals surface area contributed by atoms with E-state index in [-0.39, 0.29) is 24.1 Å². The monoisotopic (exact) mass is 390 g/mol. The highest BCUT2D eigenvalue weighted by Crippen LogP contribution is 2.03. The molecular formula is C16H30N4O5S. The molecule has 0 aliphatic heterocycles. The third-order valence-electron chi connectivity index (χ3n) is 3.55. The number of aliphatic carboxylic acids is 1. The lowest BCUT2D eigenvalue weighted by molar-refractivity contribution is -0.143. The van der Waals surface area contributed by atoms with Crippen LogP contribution in [0.5, 0.6) is 0 Å². The molecule has 0 saturated heterocycles. The molecular weight excluding hydrogens is 360 g/mol. The van der Waals surface area contributed by atoms with Crippen molar-refractivity contribution < 1.29 is 24.3 Å². The van der Waals surface area contributed by atoms with Crippen LogP contribution < -0.4 is 21.7 Å². The van der Waals surface area contributed by atoms with E-state index in [1.165, 1.54) is 0 Å². The Morgan fingerprint density at radius 3 is 2.04 bits per heavy atom. The second-order valence-corrected chi connectivity index (χ2v) is 7.19. The Balaban J connectivity index is 4.57. The van der Waals surface area contributed by atoms with Crippen LogP contribution in [-0.2, 0) is 19.2 Å². The molecule has 3 atom stereocenters. The minimum atomic E-state index is -1.16. The lowest BCUT2D eigenvalue weighted by Gasteiger charge is -2.22. The van der Waals surface area contributed by atoms with E-state index in [9.17, 15) is 19.2 Å². The van der Waals surface area contributed by atoms with Gasteiger partial charge >= 0.3 is 5.97 Å². The molecule has 0 heterocycles. The molecule has 150 valence electrons. The van der Waals surface area contributed by atoms with Crippen molar-refractivity contribution in [1.82, 2.24) is 16.0 Å². The second-order valence-electron chi connectivity index (χ2n) is 6.83. The minimum absolute atomic E-state index is 0.0250. The molecule has 0 saturated carbocycles. The average molecular weight is 391 g/mol. The van der Waals surface area contributed by atoms with E-state index in [0.29, 0.717) is 6.42 Å². The van der Waals surface area contributed by atoms with Gasteiger partial charge in [-0.15, -0.1) is 0 Å². The highest BCUT2D eigenvalue weighted by atomic mass is 32.1. The normalized spacial score (nSPS) is 14.5. The summed E-state index contributed by atoms with van der Waals surface area (Å²) in [5.74, 6) is -2.98. The summed E-state index contributed by atoms with van der Waals surface area (Å²) < 4.78 is 0. The number of nitrogens with one attached hydrogen (secondary N) is 3. The van der Waals surface area contributed by atoms with Crippen LogP contribution in [-0.4, -0.2) is 59.2 Å². The molecule has 0 fully saturated rings. The first kappa shape index (κ1) is 24.2. The molecule has 0 bridgehead atoms. The molecule has 0 aromatic heterocycles. The molecule has 3 unspecified atom stereocenters. The Hall–Kier alpha value is -1.81. The van der Waals surface area contributed by atoms with Gasteiger partial charge in [0.15, 0.2) is 0 Å². The van der Waals surface area contributed by atoms with Crippen molar-refractivity contribution in [3.8, 4) is 0 Å². The number of hydrogen-bond acceptors (Lipinski definition) is 6. The summed E-state index contributed by atoms with van der Waals surface area (Å²) in [5.41, 5.74) is 5.72. The predicted molar refractivity (Wildman–Crippen MR) is 101 cm³/mol. The standard InChI is InChI=1S/C16H30N4O5S/c1-8(2)5-10(17)14(22)18-6-12(21)19-11(7-26)15(23)20-13(9(3)4)16(24)25/h8-11,13,26H,5-7,17H2,1-4H3,(H,18,22)(H,19,21)(H,20,23)(H,24,25). The molecule has 10 heteroatoms. The number of carbonyl (C=O) groups is 4. The van der Waals surface area contributed by atoms with Gasteiger partial charge in [0.05, 0.1) is 12.6 Å². The lowest BCUT2D eigenvalue weighted by atomic mass is 10.0. The fourth-order valence-electron chi connectivity index (χ4n) is 2.12. The zero-order valence-electron chi connectivity index (χ0n) is 15.6. The third-order valence-corrected chi connectivity index (χ3v) is 3.92. The van der Waals surface area contributed by atoms with Gasteiger partial charge in [-0.2, -0.15) is 12.6 Å².